The molecule has 1 N–H and O–H groups in total. The third-order valence-electron chi connectivity index (χ3n) is 3.01. The highest BCUT2D eigenvalue weighted by atomic mass is 35.5. The minimum absolute atomic E-state index is 0.0240. The molecule has 7 heteroatoms. The minimum Gasteiger partial charge on any atom is -0.465 e. The van der Waals surface area contributed by atoms with Crippen molar-refractivity contribution in [2.75, 3.05) is 11.8 Å². The lowest BCUT2D eigenvalue weighted by Gasteiger charge is -2.13. The van der Waals surface area contributed by atoms with Gasteiger partial charge in [0.15, 0.2) is 0 Å². The van der Waals surface area contributed by atoms with E-state index in [0.29, 0.717) is 16.3 Å². The number of halogens is 1. The standard InChI is InChI=1S/C15H14ClNO4S/c1-10-9-11(16)7-8-13(10)17-22(19,20)14-6-4-3-5-12(14)15(18)21-2/h3-9,17H,1-2H3. The number of esters is 1. The first kappa shape index (κ1) is 16.3. The number of carbonyl (C=O) groups excluding carboxylic acids is 1. The van der Waals surface area contributed by atoms with Gasteiger partial charge in [-0.05, 0) is 42.8 Å². The van der Waals surface area contributed by atoms with Crippen LogP contribution in [0.1, 0.15) is 15.9 Å². The molecule has 0 unspecified atom stereocenters. The van der Waals surface area contributed by atoms with E-state index in [1.165, 1.54) is 25.3 Å². The molecule has 0 aliphatic rings. The van der Waals surface area contributed by atoms with Gasteiger partial charge in [0, 0.05) is 5.02 Å². The molecule has 2 aromatic carbocycles. The maximum absolute atomic E-state index is 12.5. The first-order valence-electron chi connectivity index (χ1n) is 6.31. The summed E-state index contributed by atoms with van der Waals surface area (Å²) in [4.78, 5) is 11.6. The molecule has 2 rings (SSSR count). The number of sulfonamides is 1. The summed E-state index contributed by atoms with van der Waals surface area (Å²) >= 11 is 5.85. The first-order valence-corrected chi connectivity index (χ1v) is 8.17. The number of ether oxygens (including phenoxy) is 1. The number of hydrogen-bond acceptors (Lipinski definition) is 4. The lowest BCUT2D eigenvalue weighted by Crippen LogP contribution is -2.18. The lowest BCUT2D eigenvalue weighted by atomic mass is 10.2. The van der Waals surface area contributed by atoms with E-state index >= 15 is 0 Å². The van der Waals surface area contributed by atoms with Crippen LogP contribution in [0, 0.1) is 6.92 Å². The second kappa shape index (κ2) is 6.37. The summed E-state index contributed by atoms with van der Waals surface area (Å²) < 4.78 is 32.1. The van der Waals surface area contributed by atoms with Crippen LogP contribution in [0.3, 0.4) is 0 Å². The van der Waals surface area contributed by atoms with Crippen molar-refractivity contribution in [1.29, 1.82) is 0 Å². The second-order valence-electron chi connectivity index (χ2n) is 4.55. The molecular formula is C15H14ClNO4S. The van der Waals surface area contributed by atoms with Gasteiger partial charge < -0.3 is 4.74 Å². The Morgan fingerprint density at radius 3 is 2.50 bits per heavy atom. The van der Waals surface area contributed by atoms with Crippen LogP contribution in [0.4, 0.5) is 5.69 Å². The lowest BCUT2D eigenvalue weighted by molar-refractivity contribution is 0.0596. The molecule has 5 nitrogen and oxygen atoms in total. The molecular weight excluding hydrogens is 326 g/mol. The van der Waals surface area contributed by atoms with Crippen LogP contribution in [-0.4, -0.2) is 21.5 Å². The summed E-state index contributed by atoms with van der Waals surface area (Å²) in [6, 6.07) is 10.6. The molecule has 2 aromatic rings. The van der Waals surface area contributed by atoms with Crippen molar-refractivity contribution >= 4 is 33.3 Å². The quantitative estimate of drug-likeness (QED) is 0.868. The van der Waals surface area contributed by atoms with Crippen LogP contribution in [0.2, 0.25) is 5.02 Å². The zero-order valence-electron chi connectivity index (χ0n) is 12.0. The van der Waals surface area contributed by atoms with Crippen molar-refractivity contribution in [3.05, 3.63) is 58.6 Å². The number of rotatable bonds is 4. The van der Waals surface area contributed by atoms with E-state index in [1.807, 2.05) is 0 Å². The average molecular weight is 340 g/mol. The Balaban J connectivity index is 2.45. The van der Waals surface area contributed by atoms with Crippen molar-refractivity contribution in [3.63, 3.8) is 0 Å². The fourth-order valence-electron chi connectivity index (χ4n) is 1.92. The van der Waals surface area contributed by atoms with Gasteiger partial charge in [0.2, 0.25) is 0 Å². The highest BCUT2D eigenvalue weighted by Crippen LogP contribution is 2.24. The Kier molecular flexibility index (Phi) is 4.73. The Morgan fingerprint density at radius 1 is 1.18 bits per heavy atom. The van der Waals surface area contributed by atoms with E-state index in [-0.39, 0.29) is 10.5 Å². The van der Waals surface area contributed by atoms with Crippen molar-refractivity contribution < 1.29 is 17.9 Å². The van der Waals surface area contributed by atoms with Crippen molar-refractivity contribution in [3.8, 4) is 0 Å². The highest BCUT2D eigenvalue weighted by Gasteiger charge is 2.23. The summed E-state index contributed by atoms with van der Waals surface area (Å²) in [5.74, 6) is -0.714. The molecule has 0 spiro atoms. The second-order valence-corrected chi connectivity index (χ2v) is 6.64. The predicted molar refractivity (Wildman–Crippen MR) is 84.8 cm³/mol. The van der Waals surface area contributed by atoms with Gasteiger partial charge in [-0.15, -0.1) is 0 Å². The topological polar surface area (TPSA) is 72.5 Å². The summed E-state index contributed by atoms with van der Waals surface area (Å²) in [5, 5.41) is 0.510. The number of anilines is 1. The number of aryl methyl sites for hydroxylation is 1. The van der Waals surface area contributed by atoms with Gasteiger partial charge in [-0.1, -0.05) is 23.7 Å². The summed E-state index contributed by atoms with van der Waals surface area (Å²) in [6.07, 6.45) is 0. The van der Waals surface area contributed by atoms with Crippen molar-refractivity contribution in [2.45, 2.75) is 11.8 Å². The van der Waals surface area contributed by atoms with Gasteiger partial charge in [0.25, 0.3) is 10.0 Å². The van der Waals surface area contributed by atoms with Gasteiger partial charge in [-0.2, -0.15) is 0 Å². The third-order valence-corrected chi connectivity index (χ3v) is 4.67. The summed E-state index contributed by atoms with van der Waals surface area (Å²) in [6.45, 7) is 1.73. The SMILES string of the molecule is COC(=O)c1ccccc1S(=O)(=O)Nc1ccc(Cl)cc1C. The fraction of sp³-hybridized carbons (Fsp3) is 0.133. The molecule has 0 radical (unpaired) electrons. The Morgan fingerprint density at radius 2 is 1.86 bits per heavy atom. The zero-order valence-corrected chi connectivity index (χ0v) is 13.5. The fourth-order valence-corrected chi connectivity index (χ4v) is 3.47. The number of nitrogens with one attached hydrogen (secondary N) is 1. The smallest absolute Gasteiger partial charge is 0.339 e. The summed E-state index contributed by atoms with van der Waals surface area (Å²) in [5.41, 5.74) is 1.04. The van der Waals surface area contributed by atoms with Crippen LogP contribution >= 0.6 is 11.6 Å². The van der Waals surface area contributed by atoms with E-state index in [9.17, 15) is 13.2 Å². The molecule has 0 aliphatic heterocycles. The molecule has 0 aliphatic carbocycles. The molecule has 0 amide bonds. The van der Waals surface area contributed by atoms with E-state index < -0.39 is 16.0 Å². The molecule has 0 atom stereocenters. The van der Waals surface area contributed by atoms with Crippen molar-refractivity contribution in [1.82, 2.24) is 0 Å². The van der Waals surface area contributed by atoms with Crippen LogP contribution in [0.25, 0.3) is 0 Å². The van der Waals surface area contributed by atoms with Crippen LogP contribution in [0.15, 0.2) is 47.4 Å². The molecule has 116 valence electrons. The number of benzene rings is 2. The molecule has 22 heavy (non-hydrogen) atoms. The maximum atomic E-state index is 12.5. The number of carbonyl (C=O) groups is 1. The van der Waals surface area contributed by atoms with E-state index in [0.717, 1.165) is 0 Å². The normalized spacial score (nSPS) is 11.0. The number of methoxy groups -OCH3 is 1. The minimum atomic E-state index is -3.93. The zero-order chi connectivity index (χ0) is 16.3. The van der Waals surface area contributed by atoms with Gasteiger partial charge >= 0.3 is 5.97 Å². The maximum Gasteiger partial charge on any atom is 0.339 e. The Bertz CT molecular complexity index is 818. The predicted octanol–water partition coefficient (Wildman–Crippen LogP) is 3.24. The van der Waals surface area contributed by atoms with Gasteiger partial charge in [0.05, 0.1) is 18.4 Å². The largest absolute Gasteiger partial charge is 0.465 e. The molecule has 0 saturated carbocycles. The van der Waals surface area contributed by atoms with Crippen LogP contribution in [0.5, 0.6) is 0 Å². The monoisotopic (exact) mass is 339 g/mol. The van der Waals surface area contributed by atoms with Gasteiger partial charge in [-0.25, -0.2) is 13.2 Å². The van der Waals surface area contributed by atoms with Gasteiger partial charge in [0.1, 0.15) is 4.90 Å². The van der Waals surface area contributed by atoms with Crippen LogP contribution < -0.4 is 4.72 Å². The van der Waals surface area contributed by atoms with Crippen molar-refractivity contribution in [2.24, 2.45) is 0 Å². The van der Waals surface area contributed by atoms with Gasteiger partial charge in [-0.3, -0.25) is 4.72 Å². The summed E-state index contributed by atoms with van der Waals surface area (Å²) in [7, 11) is -2.73. The van der Waals surface area contributed by atoms with E-state index in [1.54, 1.807) is 31.2 Å². The Hall–Kier alpha value is -2.05. The molecule has 0 bridgehead atoms. The molecule has 0 saturated heterocycles. The third kappa shape index (κ3) is 3.40. The Labute approximate surface area is 133 Å². The van der Waals surface area contributed by atoms with E-state index in [2.05, 4.69) is 9.46 Å². The average Bonchev–Trinajstić information content (AvgIpc) is 2.49. The van der Waals surface area contributed by atoms with E-state index in [4.69, 9.17) is 11.6 Å². The van der Waals surface area contributed by atoms with Crippen LogP contribution in [-0.2, 0) is 14.8 Å². The highest BCUT2D eigenvalue weighted by molar-refractivity contribution is 7.92. The first-order chi connectivity index (χ1) is 10.3. The molecule has 0 fully saturated rings. The molecule has 0 aromatic heterocycles. The molecule has 0 heterocycles. The number of hydrogen-bond donors (Lipinski definition) is 1.